The van der Waals surface area contributed by atoms with Crippen molar-refractivity contribution in [1.82, 2.24) is 14.5 Å². The summed E-state index contributed by atoms with van der Waals surface area (Å²) in [6, 6.07) is 0.00872. The first-order valence-electron chi connectivity index (χ1n) is 7.08. The summed E-state index contributed by atoms with van der Waals surface area (Å²) in [7, 11) is -1.97. The van der Waals surface area contributed by atoms with Gasteiger partial charge in [-0.05, 0) is 25.7 Å². The second-order valence-electron chi connectivity index (χ2n) is 5.51. The Kier molecular flexibility index (Phi) is 4.76. The van der Waals surface area contributed by atoms with Gasteiger partial charge in [-0.2, -0.15) is 5.10 Å². The second kappa shape index (κ2) is 6.03. The molecule has 2 unspecified atom stereocenters. The number of nitrogens with one attached hydrogen (secondary N) is 1. The van der Waals surface area contributed by atoms with E-state index in [-0.39, 0.29) is 16.1 Å². The smallest absolute Gasteiger partial charge is 0.245 e. The van der Waals surface area contributed by atoms with Crippen LogP contribution in [0.4, 0.5) is 0 Å². The summed E-state index contributed by atoms with van der Waals surface area (Å²) in [6.07, 6.45) is 5.23. The summed E-state index contributed by atoms with van der Waals surface area (Å²) >= 11 is 6.07. The summed E-state index contributed by atoms with van der Waals surface area (Å²) in [5.41, 5.74) is 0.439. The molecule has 0 amide bonds. The summed E-state index contributed by atoms with van der Waals surface area (Å²) < 4.78 is 29.4. The van der Waals surface area contributed by atoms with E-state index in [0.29, 0.717) is 11.6 Å². The predicted molar refractivity (Wildman–Crippen MR) is 79.3 cm³/mol. The summed E-state index contributed by atoms with van der Waals surface area (Å²) in [6.45, 7) is 3.78. The van der Waals surface area contributed by atoms with Crippen molar-refractivity contribution in [2.24, 2.45) is 13.0 Å². The van der Waals surface area contributed by atoms with E-state index in [4.69, 9.17) is 11.6 Å². The molecule has 114 valence electrons. The zero-order valence-corrected chi connectivity index (χ0v) is 13.8. The van der Waals surface area contributed by atoms with Gasteiger partial charge < -0.3 is 0 Å². The topological polar surface area (TPSA) is 64.0 Å². The van der Waals surface area contributed by atoms with Crippen molar-refractivity contribution in [3.8, 4) is 0 Å². The van der Waals surface area contributed by atoms with Gasteiger partial charge in [0.1, 0.15) is 10.0 Å². The van der Waals surface area contributed by atoms with Crippen LogP contribution >= 0.6 is 11.6 Å². The van der Waals surface area contributed by atoms with Crippen molar-refractivity contribution in [2.45, 2.75) is 56.9 Å². The molecule has 0 radical (unpaired) electrons. The van der Waals surface area contributed by atoms with Crippen LogP contribution in [0.3, 0.4) is 0 Å². The standard InChI is InChI=1S/C13H22ClN3O2S/c1-4-10-7-5-6-8-11(10)16-20(18,19)12-9(2)15-17(3)13(12)14/h10-11,16H,4-8H2,1-3H3. The molecule has 1 aliphatic carbocycles. The molecular formula is C13H22ClN3O2S. The molecule has 1 saturated carbocycles. The highest BCUT2D eigenvalue weighted by molar-refractivity contribution is 7.89. The van der Waals surface area contributed by atoms with Gasteiger partial charge in [-0.1, -0.05) is 37.8 Å². The molecule has 0 aromatic carbocycles. The third-order valence-corrected chi connectivity index (χ3v) is 6.29. The largest absolute Gasteiger partial charge is 0.255 e. The molecule has 20 heavy (non-hydrogen) atoms. The molecular weight excluding hydrogens is 298 g/mol. The van der Waals surface area contributed by atoms with E-state index < -0.39 is 10.0 Å². The Morgan fingerprint density at radius 2 is 2.05 bits per heavy atom. The van der Waals surface area contributed by atoms with E-state index in [1.54, 1.807) is 14.0 Å². The van der Waals surface area contributed by atoms with Gasteiger partial charge in [0.15, 0.2) is 0 Å². The number of nitrogens with zero attached hydrogens (tertiary/aromatic N) is 2. The highest BCUT2D eigenvalue weighted by atomic mass is 35.5. The molecule has 1 aromatic rings. The van der Waals surface area contributed by atoms with Crippen LogP contribution in [0.15, 0.2) is 4.90 Å². The maximum absolute atomic E-state index is 12.6. The molecule has 2 rings (SSSR count). The molecule has 1 fully saturated rings. The molecule has 0 spiro atoms. The SMILES string of the molecule is CCC1CCCCC1NS(=O)(=O)c1c(C)nn(C)c1Cl. The second-order valence-corrected chi connectivity index (χ2v) is 7.52. The third kappa shape index (κ3) is 3.02. The van der Waals surface area contributed by atoms with E-state index in [1.807, 2.05) is 0 Å². The number of rotatable bonds is 4. The summed E-state index contributed by atoms with van der Waals surface area (Å²) in [5.74, 6) is 0.411. The maximum Gasteiger partial charge on any atom is 0.245 e. The first kappa shape index (κ1) is 15.8. The van der Waals surface area contributed by atoms with Gasteiger partial charge in [-0.3, -0.25) is 4.68 Å². The fraction of sp³-hybridized carbons (Fsp3) is 0.769. The summed E-state index contributed by atoms with van der Waals surface area (Å²) in [5, 5.41) is 4.24. The lowest BCUT2D eigenvalue weighted by molar-refractivity contribution is 0.282. The fourth-order valence-electron chi connectivity index (χ4n) is 3.03. The van der Waals surface area contributed by atoms with Crippen molar-refractivity contribution in [2.75, 3.05) is 0 Å². The van der Waals surface area contributed by atoms with Crippen LogP contribution in [-0.2, 0) is 17.1 Å². The Balaban J connectivity index is 2.26. The van der Waals surface area contributed by atoms with Crippen LogP contribution in [0.1, 0.15) is 44.7 Å². The van der Waals surface area contributed by atoms with Gasteiger partial charge in [0, 0.05) is 13.1 Å². The first-order valence-corrected chi connectivity index (χ1v) is 8.94. The van der Waals surface area contributed by atoms with Crippen molar-refractivity contribution in [3.63, 3.8) is 0 Å². The predicted octanol–water partition coefficient (Wildman–Crippen LogP) is 2.63. The molecule has 0 aliphatic heterocycles. The van der Waals surface area contributed by atoms with Gasteiger partial charge in [-0.25, -0.2) is 13.1 Å². The van der Waals surface area contributed by atoms with E-state index in [2.05, 4.69) is 16.7 Å². The number of halogens is 1. The van der Waals surface area contributed by atoms with Crippen molar-refractivity contribution in [1.29, 1.82) is 0 Å². The normalized spacial score (nSPS) is 24.0. The van der Waals surface area contributed by atoms with Crippen LogP contribution in [0.2, 0.25) is 5.15 Å². The van der Waals surface area contributed by atoms with Crippen molar-refractivity contribution >= 4 is 21.6 Å². The van der Waals surface area contributed by atoms with Crippen molar-refractivity contribution in [3.05, 3.63) is 10.8 Å². The molecule has 2 atom stereocenters. The van der Waals surface area contributed by atoms with Crippen LogP contribution in [-0.4, -0.2) is 24.2 Å². The van der Waals surface area contributed by atoms with Crippen LogP contribution in [0, 0.1) is 12.8 Å². The van der Waals surface area contributed by atoms with Gasteiger partial charge in [0.25, 0.3) is 0 Å². The molecule has 1 aromatic heterocycles. The number of aromatic nitrogens is 2. The first-order chi connectivity index (χ1) is 9.36. The van der Waals surface area contributed by atoms with Crippen molar-refractivity contribution < 1.29 is 8.42 Å². The lowest BCUT2D eigenvalue weighted by Gasteiger charge is -2.31. The van der Waals surface area contributed by atoms with E-state index in [1.165, 1.54) is 11.1 Å². The lowest BCUT2D eigenvalue weighted by Crippen LogP contribution is -2.42. The Morgan fingerprint density at radius 3 is 2.60 bits per heavy atom. The average Bonchev–Trinajstić information content (AvgIpc) is 2.63. The molecule has 5 nitrogen and oxygen atoms in total. The Morgan fingerprint density at radius 1 is 1.40 bits per heavy atom. The molecule has 0 bridgehead atoms. The molecule has 1 aliphatic rings. The zero-order valence-electron chi connectivity index (χ0n) is 12.2. The maximum atomic E-state index is 12.6. The third-order valence-electron chi connectivity index (χ3n) is 4.11. The number of aryl methyl sites for hydroxylation is 2. The van der Waals surface area contributed by atoms with E-state index >= 15 is 0 Å². The van der Waals surface area contributed by atoms with Crippen LogP contribution in [0.5, 0.6) is 0 Å². The number of hydrogen-bond donors (Lipinski definition) is 1. The van der Waals surface area contributed by atoms with Crippen LogP contribution in [0.25, 0.3) is 0 Å². The minimum atomic E-state index is -3.61. The number of sulfonamides is 1. The highest BCUT2D eigenvalue weighted by Gasteiger charge is 2.31. The zero-order chi connectivity index (χ0) is 14.9. The molecule has 0 saturated heterocycles. The van der Waals surface area contributed by atoms with Crippen LogP contribution < -0.4 is 4.72 Å². The van der Waals surface area contributed by atoms with Gasteiger partial charge >= 0.3 is 0 Å². The summed E-state index contributed by atoms with van der Waals surface area (Å²) in [4.78, 5) is 0.113. The quantitative estimate of drug-likeness (QED) is 0.928. The van der Waals surface area contributed by atoms with E-state index in [9.17, 15) is 8.42 Å². The van der Waals surface area contributed by atoms with Gasteiger partial charge in [0.2, 0.25) is 10.0 Å². The molecule has 1 heterocycles. The Hall–Kier alpha value is -0.590. The van der Waals surface area contributed by atoms with E-state index in [0.717, 1.165) is 25.7 Å². The monoisotopic (exact) mass is 319 g/mol. The molecule has 7 heteroatoms. The minimum Gasteiger partial charge on any atom is -0.255 e. The van der Waals surface area contributed by atoms with Gasteiger partial charge in [0.05, 0.1) is 5.69 Å². The van der Waals surface area contributed by atoms with Gasteiger partial charge in [-0.15, -0.1) is 0 Å². The molecule has 1 N–H and O–H groups in total. The lowest BCUT2D eigenvalue weighted by atomic mass is 9.83. The minimum absolute atomic E-state index is 0.00872. The highest BCUT2D eigenvalue weighted by Crippen LogP contribution is 2.30. The average molecular weight is 320 g/mol. The number of hydrogen-bond acceptors (Lipinski definition) is 3. The fourth-order valence-corrected chi connectivity index (χ4v) is 5.12. The Bertz CT molecular complexity index is 583. The Labute approximate surface area is 125 Å².